The highest BCUT2D eigenvalue weighted by molar-refractivity contribution is 7.98. The molecule has 0 fully saturated rings. The Balaban J connectivity index is 1.67. The number of rotatable bonds is 5. The van der Waals surface area contributed by atoms with E-state index in [1.54, 1.807) is 12.3 Å². The van der Waals surface area contributed by atoms with Crippen LogP contribution in [0.15, 0.2) is 72.0 Å². The summed E-state index contributed by atoms with van der Waals surface area (Å²) in [5.41, 5.74) is 4.81. The van der Waals surface area contributed by atoms with Gasteiger partial charge in [0.2, 0.25) is 0 Å². The van der Waals surface area contributed by atoms with Gasteiger partial charge in [0.25, 0.3) is 0 Å². The first-order chi connectivity index (χ1) is 12.7. The molecule has 5 heteroatoms. The minimum atomic E-state index is -0.181. The van der Waals surface area contributed by atoms with Gasteiger partial charge in [-0.25, -0.2) is 14.4 Å². The summed E-state index contributed by atoms with van der Waals surface area (Å²) < 4.78 is 16.0. The highest BCUT2D eigenvalue weighted by Gasteiger charge is 2.13. The third-order valence-electron chi connectivity index (χ3n) is 4.24. The van der Waals surface area contributed by atoms with Crippen molar-refractivity contribution in [2.45, 2.75) is 24.4 Å². The number of benzene rings is 2. The molecular weight excluding hydrogens is 345 g/mol. The van der Waals surface area contributed by atoms with Crippen molar-refractivity contribution in [1.29, 1.82) is 0 Å². The molecule has 3 nitrogen and oxygen atoms in total. The van der Waals surface area contributed by atoms with Crippen molar-refractivity contribution in [2.75, 3.05) is 0 Å². The van der Waals surface area contributed by atoms with Crippen LogP contribution in [0.3, 0.4) is 0 Å². The van der Waals surface area contributed by atoms with Gasteiger partial charge in [0.05, 0.1) is 6.54 Å². The highest BCUT2D eigenvalue weighted by Crippen LogP contribution is 2.27. The van der Waals surface area contributed by atoms with Crippen LogP contribution in [-0.2, 0) is 12.3 Å². The van der Waals surface area contributed by atoms with Crippen molar-refractivity contribution >= 4 is 22.9 Å². The van der Waals surface area contributed by atoms with Gasteiger partial charge in [-0.15, -0.1) is 0 Å². The van der Waals surface area contributed by atoms with Gasteiger partial charge >= 0.3 is 0 Å². The summed E-state index contributed by atoms with van der Waals surface area (Å²) in [5, 5.41) is 0.850. The lowest BCUT2D eigenvalue weighted by atomic mass is 10.1. The molecule has 0 bridgehead atoms. The lowest BCUT2D eigenvalue weighted by Gasteiger charge is -2.09. The first-order valence-electron chi connectivity index (χ1n) is 8.44. The summed E-state index contributed by atoms with van der Waals surface area (Å²) in [6, 6.07) is 19.2. The fourth-order valence-corrected chi connectivity index (χ4v) is 3.81. The first-order valence-corrected chi connectivity index (χ1v) is 9.42. The molecule has 0 N–H and O–H groups in total. The Labute approximate surface area is 155 Å². The van der Waals surface area contributed by atoms with E-state index in [2.05, 4.69) is 40.7 Å². The number of hydrogen-bond donors (Lipinski definition) is 0. The fourth-order valence-electron chi connectivity index (χ4n) is 2.82. The summed E-state index contributed by atoms with van der Waals surface area (Å²) in [5.74, 6) is 0.350. The van der Waals surface area contributed by atoms with Gasteiger partial charge in [-0.05, 0) is 36.2 Å². The Bertz CT molecular complexity index is 1040. The van der Waals surface area contributed by atoms with Crippen LogP contribution in [-0.4, -0.2) is 14.5 Å². The summed E-state index contributed by atoms with van der Waals surface area (Å²) in [6.07, 6.45) is 1.78. The number of fused-ring (bicyclic) bond motifs is 1. The first kappa shape index (κ1) is 16.8. The Morgan fingerprint density at radius 3 is 2.62 bits per heavy atom. The molecule has 0 saturated carbocycles. The zero-order valence-electron chi connectivity index (χ0n) is 14.4. The minimum Gasteiger partial charge on any atom is -0.299 e. The van der Waals surface area contributed by atoms with Crippen molar-refractivity contribution < 1.29 is 4.39 Å². The minimum absolute atomic E-state index is 0.181. The van der Waals surface area contributed by atoms with E-state index < -0.39 is 0 Å². The highest BCUT2D eigenvalue weighted by atomic mass is 32.2. The number of halogens is 1. The van der Waals surface area contributed by atoms with Crippen LogP contribution in [0.2, 0.25) is 0 Å². The number of aromatic nitrogens is 3. The molecule has 26 heavy (non-hydrogen) atoms. The zero-order valence-corrected chi connectivity index (χ0v) is 15.2. The molecule has 0 spiro atoms. The molecule has 0 saturated heterocycles. The van der Waals surface area contributed by atoms with E-state index in [1.165, 1.54) is 29.0 Å². The maximum Gasteiger partial charge on any atom is 0.170 e. The topological polar surface area (TPSA) is 30.7 Å². The maximum atomic E-state index is 13.9. The summed E-state index contributed by atoms with van der Waals surface area (Å²) >= 11 is 1.53. The van der Waals surface area contributed by atoms with Gasteiger partial charge in [-0.3, -0.25) is 4.57 Å². The van der Waals surface area contributed by atoms with Crippen molar-refractivity contribution in [2.24, 2.45) is 0 Å². The Morgan fingerprint density at radius 2 is 1.81 bits per heavy atom. The van der Waals surface area contributed by atoms with Crippen LogP contribution in [0.25, 0.3) is 11.2 Å². The van der Waals surface area contributed by atoms with E-state index in [1.807, 2.05) is 24.3 Å². The van der Waals surface area contributed by atoms with E-state index in [4.69, 9.17) is 4.98 Å². The molecule has 4 aromatic rings. The number of imidazole rings is 1. The molecule has 2 aromatic heterocycles. The fraction of sp³-hybridized carbons (Fsp3) is 0.143. The standard InChI is InChI=1S/C21H18FN3S/c1-15-8-10-16(11-9-15)13-25-20-19(7-4-12-23-20)24-21(25)26-14-17-5-2-3-6-18(17)22/h2-12H,13-14H2,1H3. The van der Waals surface area contributed by atoms with Crippen LogP contribution in [0, 0.1) is 12.7 Å². The summed E-state index contributed by atoms with van der Waals surface area (Å²) in [4.78, 5) is 9.21. The quantitative estimate of drug-likeness (QED) is 0.456. The average molecular weight is 363 g/mol. The maximum absolute atomic E-state index is 13.9. The van der Waals surface area contributed by atoms with Gasteiger partial charge in [0, 0.05) is 11.9 Å². The smallest absolute Gasteiger partial charge is 0.170 e. The molecule has 0 aliphatic rings. The van der Waals surface area contributed by atoms with Gasteiger partial charge in [0.15, 0.2) is 10.8 Å². The van der Waals surface area contributed by atoms with Gasteiger partial charge in [-0.2, -0.15) is 0 Å². The van der Waals surface area contributed by atoms with Crippen molar-refractivity contribution in [3.63, 3.8) is 0 Å². The number of aryl methyl sites for hydroxylation is 1. The largest absolute Gasteiger partial charge is 0.299 e. The lowest BCUT2D eigenvalue weighted by molar-refractivity contribution is 0.617. The molecule has 0 radical (unpaired) electrons. The number of pyridine rings is 1. The molecule has 130 valence electrons. The van der Waals surface area contributed by atoms with Crippen LogP contribution in [0.1, 0.15) is 16.7 Å². The van der Waals surface area contributed by atoms with Gasteiger partial charge in [0.1, 0.15) is 11.3 Å². The van der Waals surface area contributed by atoms with Crippen molar-refractivity contribution in [1.82, 2.24) is 14.5 Å². The molecule has 0 aliphatic carbocycles. The second kappa shape index (κ2) is 7.30. The predicted molar refractivity (Wildman–Crippen MR) is 104 cm³/mol. The van der Waals surface area contributed by atoms with Crippen LogP contribution in [0.4, 0.5) is 4.39 Å². The van der Waals surface area contributed by atoms with Gasteiger partial charge < -0.3 is 0 Å². The Morgan fingerprint density at radius 1 is 1.00 bits per heavy atom. The van der Waals surface area contributed by atoms with E-state index >= 15 is 0 Å². The molecule has 0 unspecified atom stereocenters. The molecule has 0 amide bonds. The van der Waals surface area contributed by atoms with Crippen LogP contribution >= 0.6 is 11.8 Å². The molecule has 4 rings (SSSR count). The third kappa shape index (κ3) is 3.48. The SMILES string of the molecule is Cc1ccc(Cn2c(SCc3ccccc3F)nc3cccnc32)cc1. The average Bonchev–Trinajstić information content (AvgIpc) is 3.00. The van der Waals surface area contributed by atoms with Crippen molar-refractivity contribution in [3.05, 3.63) is 89.4 Å². The van der Waals surface area contributed by atoms with E-state index in [9.17, 15) is 4.39 Å². The number of nitrogens with zero attached hydrogens (tertiary/aromatic N) is 3. The van der Waals surface area contributed by atoms with Crippen molar-refractivity contribution in [3.8, 4) is 0 Å². The van der Waals surface area contributed by atoms with E-state index in [0.717, 1.165) is 16.3 Å². The second-order valence-electron chi connectivity index (χ2n) is 6.19. The summed E-state index contributed by atoms with van der Waals surface area (Å²) in [7, 11) is 0. The van der Waals surface area contributed by atoms with Crippen LogP contribution < -0.4 is 0 Å². The van der Waals surface area contributed by atoms with E-state index in [0.29, 0.717) is 17.9 Å². The van der Waals surface area contributed by atoms with Crippen LogP contribution in [0.5, 0.6) is 0 Å². The molecule has 2 aromatic carbocycles. The molecular formula is C21H18FN3S. The lowest BCUT2D eigenvalue weighted by Crippen LogP contribution is -2.03. The Kier molecular flexibility index (Phi) is 4.71. The zero-order chi connectivity index (χ0) is 17.9. The van der Waals surface area contributed by atoms with Gasteiger partial charge in [-0.1, -0.05) is 59.8 Å². The molecule has 0 aliphatic heterocycles. The normalized spacial score (nSPS) is 11.2. The number of hydrogen-bond acceptors (Lipinski definition) is 3. The Hall–Kier alpha value is -2.66. The second-order valence-corrected chi connectivity index (χ2v) is 7.13. The molecule has 2 heterocycles. The summed E-state index contributed by atoms with van der Waals surface area (Å²) in [6.45, 7) is 2.76. The monoisotopic (exact) mass is 363 g/mol. The third-order valence-corrected chi connectivity index (χ3v) is 5.27. The van der Waals surface area contributed by atoms with E-state index in [-0.39, 0.29) is 5.82 Å². The molecule has 0 atom stereocenters. The predicted octanol–water partition coefficient (Wildman–Crippen LogP) is 5.22. The number of thioether (sulfide) groups is 1.